The van der Waals surface area contributed by atoms with E-state index in [1.807, 2.05) is 12.1 Å². The molecule has 0 unspecified atom stereocenters. The number of nitrogens with zero attached hydrogens (tertiary/aromatic N) is 1. The molecule has 3 rings (SSSR count). The summed E-state index contributed by atoms with van der Waals surface area (Å²) in [6, 6.07) is 11.9. The van der Waals surface area contributed by atoms with Crippen molar-refractivity contribution in [3.05, 3.63) is 62.5 Å². The smallest absolute Gasteiger partial charge is 0.261 e. The van der Waals surface area contributed by atoms with Crippen LogP contribution in [-0.2, 0) is 16.1 Å². The van der Waals surface area contributed by atoms with E-state index in [2.05, 4.69) is 21.2 Å². The Balaban J connectivity index is 1.72. The zero-order valence-corrected chi connectivity index (χ0v) is 20.3. The molecule has 8 heteroatoms. The Kier molecular flexibility index (Phi) is 8.64. The number of nitrogens with one attached hydrogen (secondary N) is 1. The molecule has 1 fully saturated rings. The van der Waals surface area contributed by atoms with Crippen LogP contribution in [0.1, 0.15) is 38.2 Å². The maximum Gasteiger partial charge on any atom is 0.261 e. The molecule has 0 saturated heterocycles. The van der Waals surface area contributed by atoms with Crippen molar-refractivity contribution in [2.24, 2.45) is 0 Å². The van der Waals surface area contributed by atoms with Crippen LogP contribution in [0, 0.1) is 0 Å². The molecule has 5 nitrogen and oxygen atoms in total. The highest BCUT2D eigenvalue weighted by Gasteiger charge is 2.28. The molecule has 1 saturated carbocycles. The Morgan fingerprint density at radius 1 is 1.16 bits per heavy atom. The summed E-state index contributed by atoms with van der Waals surface area (Å²) in [4.78, 5) is 27.5. The van der Waals surface area contributed by atoms with E-state index < -0.39 is 6.04 Å². The Morgan fingerprint density at radius 3 is 2.48 bits per heavy atom. The van der Waals surface area contributed by atoms with Gasteiger partial charge in [-0.2, -0.15) is 0 Å². The van der Waals surface area contributed by atoms with Crippen LogP contribution in [0.3, 0.4) is 0 Å². The normalized spacial score (nSPS) is 14.8. The van der Waals surface area contributed by atoms with E-state index in [4.69, 9.17) is 27.9 Å². The minimum absolute atomic E-state index is 0.157. The molecular weight excluding hydrogens is 503 g/mol. The van der Waals surface area contributed by atoms with Crippen LogP contribution in [0.5, 0.6) is 5.75 Å². The number of hydrogen-bond acceptors (Lipinski definition) is 3. The zero-order chi connectivity index (χ0) is 22.4. The number of hydrogen-bond donors (Lipinski definition) is 1. The second-order valence-corrected chi connectivity index (χ2v) is 9.44. The number of benzene rings is 2. The highest BCUT2D eigenvalue weighted by atomic mass is 79.9. The molecule has 31 heavy (non-hydrogen) atoms. The van der Waals surface area contributed by atoms with E-state index in [-0.39, 0.29) is 31.0 Å². The van der Waals surface area contributed by atoms with Gasteiger partial charge in [-0.25, -0.2) is 0 Å². The molecule has 0 radical (unpaired) electrons. The summed E-state index contributed by atoms with van der Waals surface area (Å²) >= 11 is 15.5. The van der Waals surface area contributed by atoms with E-state index in [1.54, 1.807) is 37.3 Å². The van der Waals surface area contributed by atoms with Crippen molar-refractivity contribution < 1.29 is 14.3 Å². The fourth-order valence-electron chi connectivity index (χ4n) is 3.58. The van der Waals surface area contributed by atoms with Gasteiger partial charge in [0.2, 0.25) is 5.91 Å². The largest absolute Gasteiger partial charge is 0.482 e. The summed E-state index contributed by atoms with van der Waals surface area (Å²) in [5.41, 5.74) is 0.875. The minimum Gasteiger partial charge on any atom is -0.482 e. The van der Waals surface area contributed by atoms with Gasteiger partial charge in [0.25, 0.3) is 5.91 Å². The second kappa shape index (κ2) is 11.2. The summed E-state index contributed by atoms with van der Waals surface area (Å²) < 4.78 is 6.48. The van der Waals surface area contributed by atoms with E-state index in [0.29, 0.717) is 15.8 Å². The lowest BCUT2D eigenvalue weighted by Crippen LogP contribution is -2.50. The van der Waals surface area contributed by atoms with Crippen LogP contribution in [0.2, 0.25) is 10.0 Å². The van der Waals surface area contributed by atoms with Gasteiger partial charge in [0.15, 0.2) is 6.61 Å². The van der Waals surface area contributed by atoms with Gasteiger partial charge in [0.05, 0.1) is 5.02 Å². The lowest BCUT2D eigenvalue weighted by Gasteiger charge is -2.29. The van der Waals surface area contributed by atoms with Crippen LogP contribution < -0.4 is 10.1 Å². The topological polar surface area (TPSA) is 58.6 Å². The van der Waals surface area contributed by atoms with Crippen LogP contribution in [-0.4, -0.2) is 35.4 Å². The molecule has 166 valence electrons. The molecule has 1 N–H and O–H groups in total. The average Bonchev–Trinajstić information content (AvgIpc) is 3.25. The summed E-state index contributed by atoms with van der Waals surface area (Å²) in [6.45, 7) is 1.79. The molecule has 0 aromatic heterocycles. The number of carbonyl (C=O) groups excluding carboxylic acids is 2. The number of rotatable bonds is 8. The third kappa shape index (κ3) is 6.86. The Labute approximate surface area is 201 Å². The minimum atomic E-state index is -0.646. The molecule has 0 aliphatic heterocycles. The summed E-state index contributed by atoms with van der Waals surface area (Å²) in [6.07, 6.45) is 4.20. The number of halogens is 3. The van der Waals surface area contributed by atoms with Gasteiger partial charge in [-0.15, -0.1) is 0 Å². The lowest BCUT2D eigenvalue weighted by atomic mass is 10.1. The van der Waals surface area contributed by atoms with Crippen LogP contribution >= 0.6 is 39.1 Å². The zero-order valence-electron chi connectivity index (χ0n) is 17.2. The van der Waals surface area contributed by atoms with Gasteiger partial charge in [-0.1, -0.05) is 64.1 Å². The van der Waals surface area contributed by atoms with Crippen molar-refractivity contribution in [1.82, 2.24) is 10.2 Å². The quantitative estimate of drug-likeness (QED) is 0.485. The molecule has 2 aromatic carbocycles. The molecule has 1 aliphatic carbocycles. The molecule has 0 spiro atoms. The van der Waals surface area contributed by atoms with Gasteiger partial charge >= 0.3 is 0 Å². The van der Waals surface area contributed by atoms with Crippen LogP contribution in [0.4, 0.5) is 0 Å². The van der Waals surface area contributed by atoms with E-state index >= 15 is 0 Å². The summed E-state index contributed by atoms with van der Waals surface area (Å²) in [5, 5.41) is 4.09. The third-order valence-corrected chi connectivity index (χ3v) is 6.42. The first-order valence-electron chi connectivity index (χ1n) is 10.3. The average molecular weight is 528 g/mol. The number of ether oxygens (including phenoxy) is 1. The number of amides is 2. The lowest BCUT2D eigenvalue weighted by molar-refractivity contribution is -0.142. The van der Waals surface area contributed by atoms with Gasteiger partial charge in [-0.3, -0.25) is 9.59 Å². The Morgan fingerprint density at radius 2 is 1.84 bits per heavy atom. The predicted octanol–water partition coefficient (Wildman–Crippen LogP) is 5.61. The SMILES string of the molecule is C[C@@H](C(=O)NC1CCCC1)N(Cc1ccc(Cl)cc1)C(=O)COc1ccc(Br)cc1Cl. The fraction of sp³-hybridized carbons (Fsp3) is 0.391. The monoisotopic (exact) mass is 526 g/mol. The maximum atomic E-state index is 13.1. The molecule has 2 amide bonds. The third-order valence-electron chi connectivity index (χ3n) is 5.38. The van der Waals surface area contributed by atoms with E-state index in [9.17, 15) is 9.59 Å². The fourth-order valence-corrected chi connectivity index (χ4v) is 4.43. The van der Waals surface area contributed by atoms with Gasteiger partial charge < -0.3 is 15.0 Å². The first-order chi connectivity index (χ1) is 14.8. The van der Waals surface area contributed by atoms with Crippen molar-refractivity contribution in [2.45, 2.75) is 51.2 Å². The number of carbonyl (C=O) groups is 2. The van der Waals surface area contributed by atoms with Crippen LogP contribution in [0.15, 0.2) is 46.9 Å². The summed E-state index contributed by atoms with van der Waals surface area (Å²) in [7, 11) is 0. The van der Waals surface area contributed by atoms with Gasteiger partial charge in [0, 0.05) is 22.1 Å². The standard InChI is InChI=1S/C23H25BrCl2N2O3/c1-15(23(30)27-19-4-2-3-5-19)28(13-16-6-9-18(25)10-7-16)22(29)14-31-21-11-8-17(24)12-20(21)26/h6-12,15,19H,2-5,13-14H2,1H3,(H,27,30)/t15-/m0/s1. The molecule has 2 aromatic rings. The highest BCUT2D eigenvalue weighted by molar-refractivity contribution is 9.10. The Bertz CT molecular complexity index is 918. The van der Waals surface area contributed by atoms with Crippen molar-refractivity contribution in [3.8, 4) is 5.75 Å². The first-order valence-corrected chi connectivity index (χ1v) is 11.8. The second-order valence-electron chi connectivity index (χ2n) is 7.68. The molecule has 0 bridgehead atoms. The van der Waals surface area contributed by atoms with Crippen LogP contribution in [0.25, 0.3) is 0 Å². The van der Waals surface area contributed by atoms with Gasteiger partial charge in [-0.05, 0) is 55.7 Å². The Hall–Kier alpha value is -1.76. The maximum absolute atomic E-state index is 13.1. The highest BCUT2D eigenvalue weighted by Crippen LogP contribution is 2.28. The van der Waals surface area contributed by atoms with Gasteiger partial charge in [0.1, 0.15) is 11.8 Å². The van der Waals surface area contributed by atoms with Crippen molar-refractivity contribution >= 4 is 50.9 Å². The predicted molar refractivity (Wildman–Crippen MR) is 127 cm³/mol. The van der Waals surface area contributed by atoms with Crippen molar-refractivity contribution in [3.63, 3.8) is 0 Å². The van der Waals surface area contributed by atoms with Crippen molar-refractivity contribution in [2.75, 3.05) is 6.61 Å². The molecule has 0 heterocycles. The van der Waals surface area contributed by atoms with E-state index in [0.717, 1.165) is 35.7 Å². The van der Waals surface area contributed by atoms with E-state index in [1.165, 1.54) is 4.90 Å². The molecule has 1 aliphatic rings. The molecular formula is C23H25BrCl2N2O3. The molecule has 1 atom stereocenters. The summed E-state index contributed by atoms with van der Waals surface area (Å²) in [5.74, 6) is -0.0494. The van der Waals surface area contributed by atoms with Crippen molar-refractivity contribution in [1.29, 1.82) is 0 Å². The first kappa shape index (κ1) is 23.9.